The normalized spacial score (nSPS) is 22.8. The van der Waals surface area contributed by atoms with Gasteiger partial charge in [0.2, 0.25) is 0 Å². The number of nitrogens with zero attached hydrogens (tertiary/aromatic N) is 3. The van der Waals surface area contributed by atoms with Crippen LogP contribution in [0.25, 0.3) is 0 Å². The van der Waals surface area contributed by atoms with E-state index in [4.69, 9.17) is 0 Å². The minimum atomic E-state index is -1.00. The molecule has 1 aliphatic rings. The molecule has 1 unspecified atom stereocenters. The van der Waals surface area contributed by atoms with Crippen LogP contribution in [0.15, 0.2) is 28.2 Å². The Hall–Kier alpha value is -1.82. The Bertz CT molecular complexity index is 540. The third kappa shape index (κ3) is 1.59. The SMILES string of the molecule is CC1(C[O])N=c2ccc([N+](=O)[O-])cc2=N1. The molecule has 1 aromatic carbocycles. The summed E-state index contributed by atoms with van der Waals surface area (Å²) in [5.41, 5.74) is -1.04. The van der Waals surface area contributed by atoms with Crippen molar-refractivity contribution in [3.8, 4) is 0 Å². The molecule has 1 heterocycles. The lowest BCUT2D eigenvalue weighted by molar-refractivity contribution is -0.385. The number of nitro benzene ring substituents is 1. The van der Waals surface area contributed by atoms with E-state index in [9.17, 15) is 15.2 Å². The number of rotatable bonds is 2. The summed E-state index contributed by atoms with van der Waals surface area (Å²) in [6.45, 7) is 1.14. The number of fused-ring (bicyclic) bond motifs is 1. The van der Waals surface area contributed by atoms with E-state index < -0.39 is 17.2 Å². The van der Waals surface area contributed by atoms with Crippen molar-refractivity contribution in [2.75, 3.05) is 6.61 Å². The van der Waals surface area contributed by atoms with E-state index in [0.29, 0.717) is 10.7 Å². The smallest absolute Gasteiger partial charge is 0.258 e. The van der Waals surface area contributed by atoms with E-state index in [1.165, 1.54) is 18.2 Å². The molecule has 0 aliphatic carbocycles. The van der Waals surface area contributed by atoms with E-state index in [2.05, 4.69) is 9.98 Å². The Balaban J connectivity index is 2.62. The molecule has 6 nitrogen and oxygen atoms in total. The summed E-state index contributed by atoms with van der Waals surface area (Å²) in [5.74, 6) is 0. The van der Waals surface area contributed by atoms with Crippen LogP contribution in [-0.2, 0) is 5.11 Å². The second-order valence-corrected chi connectivity index (χ2v) is 3.52. The monoisotopic (exact) mass is 206 g/mol. The summed E-state index contributed by atoms with van der Waals surface area (Å²) < 4.78 is 0. The van der Waals surface area contributed by atoms with Crippen LogP contribution in [0.3, 0.4) is 0 Å². The van der Waals surface area contributed by atoms with Gasteiger partial charge in [0, 0.05) is 12.1 Å². The lowest BCUT2D eigenvalue weighted by Crippen LogP contribution is -2.21. The maximum atomic E-state index is 10.8. The van der Waals surface area contributed by atoms with Gasteiger partial charge in [-0.25, -0.2) is 5.11 Å². The molecule has 0 N–H and O–H groups in total. The van der Waals surface area contributed by atoms with E-state index in [1.54, 1.807) is 6.92 Å². The van der Waals surface area contributed by atoms with Gasteiger partial charge in [-0.15, -0.1) is 0 Å². The standard InChI is InChI=1S/C9H8N3O3/c1-9(5-13)10-7-3-2-6(12(14)15)4-8(7)11-9/h2-4H,5H2,1H3. The fraction of sp³-hybridized carbons (Fsp3) is 0.333. The maximum Gasteiger partial charge on any atom is 0.271 e. The average Bonchev–Trinajstić information content (AvgIpc) is 2.53. The van der Waals surface area contributed by atoms with Crippen molar-refractivity contribution in [1.82, 2.24) is 0 Å². The number of hydrogen-bond donors (Lipinski definition) is 0. The highest BCUT2D eigenvalue weighted by Gasteiger charge is 2.25. The van der Waals surface area contributed by atoms with Crippen molar-refractivity contribution in [1.29, 1.82) is 0 Å². The van der Waals surface area contributed by atoms with Gasteiger partial charge in [0.15, 0.2) is 5.66 Å². The number of benzene rings is 1. The van der Waals surface area contributed by atoms with Crippen LogP contribution >= 0.6 is 0 Å². The first-order valence-corrected chi connectivity index (χ1v) is 4.36. The molecule has 1 atom stereocenters. The highest BCUT2D eigenvalue weighted by atomic mass is 16.6. The second kappa shape index (κ2) is 3.09. The van der Waals surface area contributed by atoms with E-state index in [1.807, 2.05) is 0 Å². The molecule has 6 heteroatoms. The lowest BCUT2D eigenvalue weighted by Gasteiger charge is -2.10. The molecule has 0 amide bonds. The minimum absolute atomic E-state index is 0.0390. The summed E-state index contributed by atoms with van der Waals surface area (Å²) in [5, 5.41) is 22.3. The first-order chi connectivity index (χ1) is 7.04. The van der Waals surface area contributed by atoms with Crippen molar-refractivity contribution < 1.29 is 10.0 Å². The van der Waals surface area contributed by atoms with Crippen molar-refractivity contribution in [2.24, 2.45) is 9.98 Å². The molecular formula is C9H8N3O3. The molecule has 1 aliphatic heterocycles. The zero-order valence-corrected chi connectivity index (χ0v) is 8.01. The molecule has 0 aromatic heterocycles. The summed E-state index contributed by atoms with van der Waals surface area (Å²) >= 11 is 0. The van der Waals surface area contributed by atoms with Gasteiger partial charge in [0.1, 0.15) is 6.61 Å². The van der Waals surface area contributed by atoms with E-state index in [-0.39, 0.29) is 5.69 Å². The molecular weight excluding hydrogens is 198 g/mol. The fourth-order valence-electron chi connectivity index (χ4n) is 1.42. The average molecular weight is 206 g/mol. The predicted molar refractivity (Wildman–Crippen MR) is 49.4 cm³/mol. The van der Waals surface area contributed by atoms with Gasteiger partial charge in [-0.3, -0.25) is 20.1 Å². The molecule has 0 saturated heterocycles. The third-order valence-electron chi connectivity index (χ3n) is 2.17. The Labute approximate surface area is 84.8 Å². The van der Waals surface area contributed by atoms with Gasteiger partial charge < -0.3 is 0 Å². The highest BCUT2D eigenvalue weighted by Crippen LogP contribution is 2.13. The van der Waals surface area contributed by atoms with Gasteiger partial charge >= 0.3 is 0 Å². The van der Waals surface area contributed by atoms with Crippen LogP contribution in [-0.4, -0.2) is 17.2 Å². The van der Waals surface area contributed by atoms with Crippen molar-refractivity contribution in [2.45, 2.75) is 12.6 Å². The number of nitro groups is 1. The summed E-state index contributed by atoms with van der Waals surface area (Å²) in [7, 11) is 0. The molecule has 0 fully saturated rings. The van der Waals surface area contributed by atoms with Crippen LogP contribution in [0.5, 0.6) is 0 Å². The quantitative estimate of drug-likeness (QED) is 0.503. The number of hydrogen-bond acceptors (Lipinski definition) is 4. The zero-order chi connectivity index (χ0) is 11.1. The van der Waals surface area contributed by atoms with Crippen LogP contribution in [0.1, 0.15) is 6.92 Å². The van der Waals surface area contributed by atoms with Crippen LogP contribution in [0.2, 0.25) is 0 Å². The third-order valence-corrected chi connectivity index (χ3v) is 2.17. The Morgan fingerprint density at radius 3 is 2.67 bits per heavy atom. The molecule has 1 aromatic rings. The summed E-state index contributed by atoms with van der Waals surface area (Å²) in [6.07, 6.45) is 0. The largest absolute Gasteiger partial charge is 0.271 e. The molecule has 1 radical (unpaired) electrons. The van der Waals surface area contributed by atoms with E-state index in [0.717, 1.165) is 0 Å². The Morgan fingerprint density at radius 1 is 1.40 bits per heavy atom. The molecule has 0 spiro atoms. The van der Waals surface area contributed by atoms with Crippen LogP contribution in [0, 0.1) is 10.1 Å². The highest BCUT2D eigenvalue weighted by molar-refractivity contribution is 5.29. The Kier molecular flexibility index (Phi) is 2.01. The summed E-state index contributed by atoms with van der Waals surface area (Å²) in [4.78, 5) is 18.2. The van der Waals surface area contributed by atoms with Crippen LogP contribution in [0.4, 0.5) is 5.69 Å². The molecule has 0 saturated carbocycles. The number of non-ortho nitro benzene ring substituents is 1. The van der Waals surface area contributed by atoms with Gasteiger partial charge in [-0.05, 0) is 13.0 Å². The van der Waals surface area contributed by atoms with Gasteiger partial charge in [-0.1, -0.05) is 0 Å². The summed E-state index contributed by atoms with van der Waals surface area (Å²) in [6, 6.07) is 4.20. The van der Waals surface area contributed by atoms with Crippen molar-refractivity contribution in [3.05, 3.63) is 39.0 Å². The molecule has 0 bridgehead atoms. The molecule has 77 valence electrons. The first kappa shape index (κ1) is 9.72. The van der Waals surface area contributed by atoms with Crippen LogP contribution < -0.4 is 10.7 Å². The van der Waals surface area contributed by atoms with Gasteiger partial charge in [0.25, 0.3) is 5.69 Å². The van der Waals surface area contributed by atoms with Crippen molar-refractivity contribution >= 4 is 5.69 Å². The minimum Gasteiger partial charge on any atom is -0.258 e. The zero-order valence-electron chi connectivity index (χ0n) is 8.01. The fourth-order valence-corrected chi connectivity index (χ4v) is 1.42. The topological polar surface area (TPSA) is 87.8 Å². The second-order valence-electron chi connectivity index (χ2n) is 3.52. The maximum absolute atomic E-state index is 10.8. The molecule has 15 heavy (non-hydrogen) atoms. The van der Waals surface area contributed by atoms with Gasteiger partial charge in [0.05, 0.1) is 15.6 Å². The van der Waals surface area contributed by atoms with Crippen molar-refractivity contribution in [3.63, 3.8) is 0 Å². The first-order valence-electron chi connectivity index (χ1n) is 4.36. The Morgan fingerprint density at radius 2 is 2.07 bits per heavy atom. The lowest BCUT2D eigenvalue weighted by atomic mass is 10.2. The molecule has 2 rings (SSSR count). The van der Waals surface area contributed by atoms with E-state index >= 15 is 0 Å². The predicted octanol–water partition coefficient (Wildman–Crippen LogP) is -0.00570. The van der Waals surface area contributed by atoms with Gasteiger partial charge in [-0.2, -0.15) is 0 Å².